The van der Waals surface area contributed by atoms with Crippen molar-refractivity contribution in [2.75, 3.05) is 40.6 Å². The molecule has 16 heavy (non-hydrogen) atoms. The molecule has 0 aromatic heterocycles. The molecule has 0 aliphatic carbocycles. The van der Waals surface area contributed by atoms with Crippen LogP contribution < -0.4 is 5.32 Å². The number of amides is 1. The van der Waals surface area contributed by atoms with E-state index in [0.29, 0.717) is 32.6 Å². The highest BCUT2D eigenvalue weighted by Gasteiger charge is 2.02. The van der Waals surface area contributed by atoms with E-state index in [0.717, 1.165) is 0 Å². The largest absolute Gasteiger partial charge is 0.469 e. The quantitative estimate of drug-likeness (QED) is 0.438. The lowest BCUT2D eigenvalue weighted by atomic mass is 10.3. The smallest absolute Gasteiger partial charge is 0.305 e. The molecule has 6 heteroatoms. The third kappa shape index (κ3) is 9.42. The minimum atomic E-state index is -0.273. The summed E-state index contributed by atoms with van der Waals surface area (Å²) in [5, 5.41) is 2.63. The van der Waals surface area contributed by atoms with Crippen LogP contribution in [-0.2, 0) is 23.8 Å². The summed E-state index contributed by atoms with van der Waals surface area (Å²) in [5.41, 5.74) is 0. The van der Waals surface area contributed by atoms with E-state index in [1.165, 1.54) is 7.11 Å². The van der Waals surface area contributed by atoms with Gasteiger partial charge in [0, 0.05) is 20.1 Å². The van der Waals surface area contributed by atoms with Crippen molar-refractivity contribution in [2.45, 2.75) is 12.8 Å². The van der Waals surface area contributed by atoms with E-state index in [1.54, 1.807) is 7.11 Å². The van der Waals surface area contributed by atoms with Crippen LogP contribution in [0.3, 0.4) is 0 Å². The fourth-order valence-corrected chi connectivity index (χ4v) is 0.921. The zero-order valence-electron chi connectivity index (χ0n) is 9.78. The van der Waals surface area contributed by atoms with Crippen molar-refractivity contribution in [3.63, 3.8) is 0 Å². The Kier molecular flexibility index (Phi) is 9.64. The van der Waals surface area contributed by atoms with Gasteiger partial charge in [-0.05, 0) is 6.42 Å². The molecule has 0 aromatic carbocycles. The number of ether oxygens (including phenoxy) is 3. The average molecular weight is 233 g/mol. The Morgan fingerprint density at radius 2 is 1.94 bits per heavy atom. The Bertz CT molecular complexity index is 207. The topological polar surface area (TPSA) is 73.9 Å². The minimum absolute atomic E-state index is 0.0155. The normalized spacial score (nSPS) is 9.88. The average Bonchev–Trinajstić information content (AvgIpc) is 2.30. The predicted octanol–water partition coefficient (Wildman–Crippen LogP) is -0.281. The van der Waals surface area contributed by atoms with E-state index in [4.69, 9.17) is 9.47 Å². The van der Waals surface area contributed by atoms with Gasteiger partial charge in [0.1, 0.15) is 6.61 Å². The van der Waals surface area contributed by atoms with Crippen molar-refractivity contribution in [3.8, 4) is 0 Å². The van der Waals surface area contributed by atoms with Gasteiger partial charge in [-0.15, -0.1) is 0 Å². The summed E-state index contributed by atoms with van der Waals surface area (Å²) in [6.45, 7) is 1.32. The molecule has 0 aromatic rings. The van der Waals surface area contributed by atoms with Gasteiger partial charge < -0.3 is 19.5 Å². The van der Waals surface area contributed by atoms with E-state index >= 15 is 0 Å². The molecule has 0 unspecified atom stereocenters. The molecular formula is C10H19NO5. The number of esters is 1. The second-order valence-corrected chi connectivity index (χ2v) is 3.08. The molecule has 0 fully saturated rings. The maximum absolute atomic E-state index is 11.1. The van der Waals surface area contributed by atoms with Crippen molar-refractivity contribution >= 4 is 11.9 Å². The monoisotopic (exact) mass is 233 g/mol. The first-order valence-corrected chi connectivity index (χ1v) is 5.11. The maximum Gasteiger partial charge on any atom is 0.305 e. The highest BCUT2D eigenvalue weighted by Crippen LogP contribution is 1.89. The standard InChI is InChI=1S/C10H19NO5/c1-14-6-7-16-8-9(12)11-5-3-4-10(13)15-2/h3-8H2,1-2H3,(H,11,12). The number of methoxy groups -OCH3 is 2. The third-order valence-electron chi connectivity index (χ3n) is 1.77. The first-order valence-electron chi connectivity index (χ1n) is 5.11. The van der Waals surface area contributed by atoms with E-state index in [-0.39, 0.29) is 18.5 Å². The van der Waals surface area contributed by atoms with Crippen molar-refractivity contribution in [1.29, 1.82) is 0 Å². The molecule has 0 atom stereocenters. The molecule has 0 radical (unpaired) electrons. The minimum Gasteiger partial charge on any atom is -0.469 e. The summed E-state index contributed by atoms with van der Waals surface area (Å²) in [6.07, 6.45) is 0.873. The Labute approximate surface area is 95.2 Å². The van der Waals surface area contributed by atoms with Crippen LogP contribution in [0.2, 0.25) is 0 Å². The highest BCUT2D eigenvalue weighted by atomic mass is 16.5. The first kappa shape index (κ1) is 14.9. The molecule has 0 spiro atoms. The van der Waals surface area contributed by atoms with Crippen LogP contribution in [0.4, 0.5) is 0 Å². The fourth-order valence-electron chi connectivity index (χ4n) is 0.921. The zero-order chi connectivity index (χ0) is 12.2. The van der Waals surface area contributed by atoms with E-state index < -0.39 is 0 Å². The molecule has 0 aliphatic rings. The summed E-state index contributed by atoms with van der Waals surface area (Å²) in [4.78, 5) is 21.9. The van der Waals surface area contributed by atoms with Crippen molar-refractivity contribution in [2.24, 2.45) is 0 Å². The predicted molar refractivity (Wildman–Crippen MR) is 57.0 cm³/mol. The Morgan fingerprint density at radius 1 is 1.19 bits per heavy atom. The van der Waals surface area contributed by atoms with E-state index in [9.17, 15) is 9.59 Å². The number of nitrogens with one attached hydrogen (secondary N) is 1. The highest BCUT2D eigenvalue weighted by molar-refractivity contribution is 5.77. The van der Waals surface area contributed by atoms with Crippen LogP contribution in [-0.4, -0.2) is 52.5 Å². The van der Waals surface area contributed by atoms with Crippen molar-refractivity contribution < 1.29 is 23.8 Å². The molecule has 0 bridgehead atoms. The van der Waals surface area contributed by atoms with Crippen molar-refractivity contribution in [3.05, 3.63) is 0 Å². The third-order valence-corrected chi connectivity index (χ3v) is 1.77. The molecule has 6 nitrogen and oxygen atoms in total. The van der Waals surface area contributed by atoms with Crippen LogP contribution in [0.1, 0.15) is 12.8 Å². The Hall–Kier alpha value is -1.14. The lowest BCUT2D eigenvalue weighted by Gasteiger charge is -2.05. The molecule has 0 aliphatic heterocycles. The van der Waals surface area contributed by atoms with Gasteiger partial charge in [-0.1, -0.05) is 0 Å². The molecule has 1 N–H and O–H groups in total. The molecular weight excluding hydrogens is 214 g/mol. The van der Waals surface area contributed by atoms with Gasteiger partial charge in [-0.3, -0.25) is 9.59 Å². The summed E-state index contributed by atoms with van der Waals surface area (Å²) in [5.74, 6) is -0.466. The number of hydrogen-bond donors (Lipinski definition) is 1. The lowest BCUT2D eigenvalue weighted by molar-refractivity contribution is -0.140. The van der Waals surface area contributed by atoms with E-state index in [2.05, 4.69) is 10.1 Å². The molecule has 0 rings (SSSR count). The Balaban J connectivity index is 3.27. The summed E-state index contributed by atoms with van der Waals surface area (Å²) in [6, 6.07) is 0. The van der Waals surface area contributed by atoms with Gasteiger partial charge in [-0.2, -0.15) is 0 Å². The molecule has 94 valence electrons. The molecule has 0 saturated carbocycles. The lowest BCUT2D eigenvalue weighted by Crippen LogP contribution is -2.29. The molecule has 0 saturated heterocycles. The number of carbonyl (C=O) groups is 2. The van der Waals surface area contributed by atoms with Crippen LogP contribution in [0, 0.1) is 0 Å². The van der Waals surface area contributed by atoms with Gasteiger partial charge >= 0.3 is 5.97 Å². The zero-order valence-corrected chi connectivity index (χ0v) is 9.78. The van der Waals surface area contributed by atoms with Crippen molar-refractivity contribution in [1.82, 2.24) is 5.32 Å². The maximum atomic E-state index is 11.1. The number of rotatable bonds is 9. The van der Waals surface area contributed by atoms with Crippen LogP contribution in [0.5, 0.6) is 0 Å². The van der Waals surface area contributed by atoms with Gasteiger partial charge in [-0.25, -0.2) is 0 Å². The summed E-state index contributed by atoms with van der Waals surface area (Å²) in [7, 11) is 2.90. The van der Waals surface area contributed by atoms with Crippen LogP contribution >= 0.6 is 0 Å². The second kappa shape index (κ2) is 10.4. The second-order valence-electron chi connectivity index (χ2n) is 3.08. The summed E-state index contributed by atoms with van der Waals surface area (Å²) >= 11 is 0. The van der Waals surface area contributed by atoms with Crippen LogP contribution in [0.15, 0.2) is 0 Å². The van der Waals surface area contributed by atoms with Crippen LogP contribution in [0.25, 0.3) is 0 Å². The first-order chi connectivity index (χ1) is 7.70. The number of hydrogen-bond acceptors (Lipinski definition) is 5. The van der Waals surface area contributed by atoms with Gasteiger partial charge in [0.25, 0.3) is 0 Å². The van der Waals surface area contributed by atoms with Gasteiger partial charge in [0.2, 0.25) is 5.91 Å². The SMILES string of the molecule is COCCOCC(=O)NCCCC(=O)OC. The van der Waals surface area contributed by atoms with E-state index in [1.807, 2.05) is 0 Å². The summed E-state index contributed by atoms with van der Waals surface area (Å²) < 4.78 is 14.2. The molecule has 1 amide bonds. The van der Waals surface area contributed by atoms with Gasteiger partial charge in [0.15, 0.2) is 0 Å². The Morgan fingerprint density at radius 3 is 2.56 bits per heavy atom. The fraction of sp³-hybridized carbons (Fsp3) is 0.800. The number of carbonyl (C=O) groups excluding carboxylic acids is 2. The molecule has 0 heterocycles. The van der Waals surface area contributed by atoms with Gasteiger partial charge in [0.05, 0.1) is 20.3 Å².